The van der Waals surface area contributed by atoms with E-state index in [2.05, 4.69) is 72.1 Å². The molecule has 1 N–H and O–H groups in total. The first-order valence-corrected chi connectivity index (χ1v) is 8.10. The molecule has 112 valence electrons. The fourth-order valence-electron chi connectivity index (χ4n) is 3.04. The first kappa shape index (κ1) is 13.8. The van der Waals surface area contributed by atoms with Crippen molar-refractivity contribution in [2.24, 2.45) is 0 Å². The van der Waals surface area contributed by atoms with Crippen LogP contribution in [0.2, 0.25) is 0 Å². The molecule has 3 aromatic rings. The van der Waals surface area contributed by atoms with Crippen LogP contribution in [0.15, 0.2) is 78.9 Å². The number of nitrogens with one attached hydrogen (secondary N) is 1. The highest BCUT2D eigenvalue weighted by Gasteiger charge is 2.06. The summed E-state index contributed by atoms with van der Waals surface area (Å²) in [5.74, 6) is 0. The molecule has 1 aliphatic rings. The summed E-state index contributed by atoms with van der Waals surface area (Å²) >= 11 is 0. The van der Waals surface area contributed by atoms with E-state index in [9.17, 15) is 0 Å². The van der Waals surface area contributed by atoms with E-state index in [1.165, 1.54) is 22.3 Å². The number of allylic oxidation sites excluding steroid dienone is 1. The molecule has 0 fully saturated rings. The second-order valence-electron chi connectivity index (χ2n) is 5.92. The molecule has 0 amide bonds. The second kappa shape index (κ2) is 6.13. The number of aryl methyl sites for hydroxylation is 1. The molecule has 0 spiro atoms. The number of para-hydroxylation sites is 1. The summed E-state index contributed by atoms with van der Waals surface area (Å²) in [6.07, 6.45) is 6.82. The maximum absolute atomic E-state index is 3.42. The number of benzene rings is 3. The Morgan fingerprint density at radius 3 is 2.26 bits per heavy atom. The van der Waals surface area contributed by atoms with Crippen molar-refractivity contribution in [2.75, 3.05) is 5.32 Å². The maximum Gasteiger partial charge on any atom is 0.0384 e. The molecular formula is C22H19N. The third kappa shape index (κ3) is 3.04. The topological polar surface area (TPSA) is 12.0 Å². The average Bonchev–Trinajstić information content (AvgIpc) is 2.63. The molecule has 0 saturated heterocycles. The molecule has 23 heavy (non-hydrogen) atoms. The van der Waals surface area contributed by atoms with Gasteiger partial charge in [0.25, 0.3) is 0 Å². The molecule has 0 aromatic heterocycles. The molecule has 0 radical (unpaired) electrons. The molecule has 1 nitrogen and oxygen atoms in total. The molecule has 1 heteroatoms. The van der Waals surface area contributed by atoms with Crippen LogP contribution in [0.1, 0.15) is 17.5 Å². The van der Waals surface area contributed by atoms with Crippen molar-refractivity contribution in [1.82, 2.24) is 0 Å². The fraction of sp³-hybridized carbons (Fsp3) is 0.0909. The van der Waals surface area contributed by atoms with Crippen molar-refractivity contribution in [3.05, 3.63) is 90.0 Å². The molecule has 0 saturated carbocycles. The quantitative estimate of drug-likeness (QED) is 0.620. The number of hydrogen-bond donors (Lipinski definition) is 1. The number of rotatable bonds is 3. The van der Waals surface area contributed by atoms with Crippen molar-refractivity contribution >= 4 is 17.5 Å². The predicted molar refractivity (Wildman–Crippen MR) is 99.0 cm³/mol. The summed E-state index contributed by atoms with van der Waals surface area (Å²) in [5.41, 5.74) is 7.57. The van der Waals surface area contributed by atoms with Crippen molar-refractivity contribution < 1.29 is 0 Å². The summed E-state index contributed by atoms with van der Waals surface area (Å²) in [4.78, 5) is 0. The van der Waals surface area contributed by atoms with E-state index >= 15 is 0 Å². The Bertz CT molecular complexity index is 830. The van der Waals surface area contributed by atoms with Crippen molar-refractivity contribution in [3.63, 3.8) is 0 Å². The zero-order valence-electron chi connectivity index (χ0n) is 13.0. The summed E-state index contributed by atoms with van der Waals surface area (Å²) < 4.78 is 0. The van der Waals surface area contributed by atoms with Gasteiger partial charge in [0.15, 0.2) is 0 Å². The normalized spacial score (nSPS) is 12.7. The largest absolute Gasteiger partial charge is 0.356 e. The van der Waals surface area contributed by atoms with Gasteiger partial charge in [-0.05, 0) is 65.4 Å². The van der Waals surface area contributed by atoms with E-state index in [4.69, 9.17) is 0 Å². The summed E-state index contributed by atoms with van der Waals surface area (Å²) in [6.45, 7) is 0. The van der Waals surface area contributed by atoms with Crippen LogP contribution < -0.4 is 5.32 Å². The smallest absolute Gasteiger partial charge is 0.0384 e. The van der Waals surface area contributed by atoms with E-state index in [1.54, 1.807) is 0 Å². The van der Waals surface area contributed by atoms with Gasteiger partial charge in [-0.2, -0.15) is 0 Å². The Morgan fingerprint density at radius 2 is 1.43 bits per heavy atom. The van der Waals surface area contributed by atoms with Gasteiger partial charge in [-0.15, -0.1) is 0 Å². The fourth-order valence-corrected chi connectivity index (χ4v) is 3.04. The van der Waals surface area contributed by atoms with Gasteiger partial charge in [-0.3, -0.25) is 0 Å². The van der Waals surface area contributed by atoms with Gasteiger partial charge < -0.3 is 5.32 Å². The average molecular weight is 297 g/mol. The molecule has 0 unspecified atom stereocenters. The standard InChI is InChI=1S/C22H19N/c1-2-8-21(9-3-1)23-22-14-12-18(13-15-22)20-11-10-17-6-4-5-7-19(17)16-20/h1-3,5,7-16,23H,4,6H2. The van der Waals surface area contributed by atoms with Gasteiger partial charge >= 0.3 is 0 Å². The van der Waals surface area contributed by atoms with Gasteiger partial charge in [0.2, 0.25) is 0 Å². The van der Waals surface area contributed by atoms with Gasteiger partial charge in [0.05, 0.1) is 0 Å². The zero-order valence-corrected chi connectivity index (χ0v) is 13.0. The Kier molecular flexibility index (Phi) is 3.69. The third-order valence-corrected chi connectivity index (χ3v) is 4.30. The van der Waals surface area contributed by atoms with Crippen LogP contribution >= 0.6 is 0 Å². The lowest BCUT2D eigenvalue weighted by atomic mass is 9.93. The van der Waals surface area contributed by atoms with Crippen LogP contribution in [0.25, 0.3) is 17.2 Å². The third-order valence-electron chi connectivity index (χ3n) is 4.30. The Labute approximate surface area is 137 Å². The van der Waals surface area contributed by atoms with Crippen LogP contribution in [0.4, 0.5) is 11.4 Å². The van der Waals surface area contributed by atoms with E-state index in [1.807, 2.05) is 18.2 Å². The number of hydrogen-bond acceptors (Lipinski definition) is 1. The summed E-state index contributed by atoms with van der Waals surface area (Å²) in [6, 6.07) is 25.7. The Morgan fingerprint density at radius 1 is 0.696 bits per heavy atom. The molecule has 3 aromatic carbocycles. The van der Waals surface area contributed by atoms with Crippen LogP contribution in [-0.4, -0.2) is 0 Å². The molecule has 0 heterocycles. The van der Waals surface area contributed by atoms with Crippen molar-refractivity contribution in [1.29, 1.82) is 0 Å². The molecule has 0 atom stereocenters. The lowest BCUT2D eigenvalue weighted by Gasteiger charge is -2.13. The molecule has 0 bridgehead atoms. The monoisotopic (exact) mass is 297 g/mol. The van der Waals surface area contributed by atoms with E-state index in [-0.39, 0.29) is 0 Å². The highest BCUT2D eigenvalue weighted by atomic mass is 14.9. The zero-order chi connectivity index (χ0) is 15.5. The SMILES string of the molecule is C1=Cc2cc(-c3ccc(Nc4ccccc4)cc3)ccc2CC1. The van der Waals surface area contributed by atoms with Crippen LogP contribution in [-0.2, 0) is 6.42 Å². The Balaban J connectivity index is 1.58. The highest BCUT2D eigenvalue weighted by Crippen LogP contribution is 2.28. The van der Waals surface area contributed by atoms with Crippen molar-refractivity contribution in [2.45, 2.75) is 12.8 Å². The molecule has 0 aliphatic heterocycles. The second-order valence-corrected chi connectivity index (χ2v) is 5.92. The molecular weight excluding hydrogens is 278 g/mol. The number of anilines is 2. The minimum absolute atomic E-state index is 1.11. The minimum atomic E-state index is 1.11. The predicted octanol–water partition coefficient (Wildman–Crippen LogP) is 6.06. The maximum atomic E-state index is 3.42. The first-order chi connectivity index (χ1) is 11.4. The van der Waals surface area contributed by atoms with Gasteiger partial charge in [-0.25, -0.2) is 0 Å². The van der Waals surface area contributed by atoms with Crippen molar-refractivity contribution in [3.8, 4) is 11.1 Å². The summed E-state index contributed by atoms with van der Waals surface area (Å²) in [5, 5.41) is 3.42. The van der Waals surface area contributed by atoms with E-state index < -0.39 is 0 Å². The van der Waals surface area contributed by atoms with Crippen LogP contribution in [0, 0.1) is 0 Å². The Hall–Kier alpha value is -2.80. The lowest BCUT2D eigenvalue weighted by Crippen LogP contribution is -1.94. The van der Waals surface area contributed by atoms with E-state index in [0.29, 0.717) is 0 Å². The minimum Gasteiger partial charge on any atom is -0.356 e. The van der Waals surface area contributed by atoms with Gasteiger partial charge in [-0.1, -0.05) is 54.6 Å². The first-order valence-electron chi connectivity index (χ1n) is 8.10. The number of fused-ring (bicyclic) bond motifs is 1. The molecule has 1 aliphatic carbocycles. The van der Waals surface area contributed by atoms with E-state index in [0.717, 1.165) is 24.2 Å². The van der Waals surface area contributed by atoms with Crippen LogP contribution in [0.3, 0.4) is 0 Å². The van der Waals surface area contributed by atoms with Crippen LogP contribution in [0.5, 0.6) is 0 Å². The summed E-state index contributed by atoms with van der Waals surface area (Å²) in [7, 11) is 0. The molecule has 4 rings (SSSR count). The van der Waals surface area contributed by atoms with Gasteiger partial charge in [0.1, 0.15) is 0 Å². The lowest BCUT2D eigenvalue weighted by molar-refractivity contribution is 0.986. The van der Waals surface area contributed by atoms with Gasteiger partial charge in [0, 0.05) is 11.4 Å². The highest BCUT2D eigenvalue weighted by molar-refractivity contribution is 5.72.